The van der Waals surface area contributed by atoms with Gasteiger partial charge in [0.1, 0.15) is 0 Å². The second kappa shape index (κ2) is 8.53. The molecule has 1 saturated heterocycles. The Labute approximate surface area is 157 Å². The first-order chi connectivity index (χ1) is 12.5. The van der Waals surface area contributed by atoms with Crippen LogP contribution in [0.2, 0.25) is 0 Å². The van der Waals surface area contributed by atoms with Gasteiger partial charge in [0.2, 0.25) is 15.9 Å². The predicted molar refractivity (Wildman–Crippen MR) is 102 cm³/mol. The third kappa shape index (κ3) is 4.65. The van der Waals surface area contributed by atoms with Crippen molar-refractivity contribution in [2.24, 2.45) is 5.92 Å². The molecule has 1 N–H and O–H groups in total. The summed E-state index contributed by atoms with van der Waals surface area (Å²) in [5, 5.41) is 3.15. The first-order valence-corrected chi connectivity index (χ1v) is 11.3. The van der Waals surface area contributed by atoms with Gasteiger partial charge in [0.15, 0.2) is 0 Å². The highest BCUT2D eigenvalue weighted by Gasteiger charge is 2.26. The van der Waals surface area contributed by atoms with Crippen molar-refractivity contribution in [1.29, 1.82) is 0 Å². The van der Waals surface area contributed by atoms with Crippen molar-refractivity contribution in [3.05, 3.63) is 29.8 Å². The molecule has 26 heavy (non-hydrogen) atoms. The zero-order chi connectivity index (χ0) is 18.6. The quantitative estimate of drug-likeness (QED) is 0.856. The van der Waals surface area contributed by atoms with Crippen LogP contribution in [0.3, 0.4) is 0 Å². The van der Waals surface area contributed by atoms with Crippen LogP contribution in [-0.2, 0) is 21.2 Å². The van der Waals surface area contributed by atoms with Gasteiger partial charge in [0.05, 0.1) is 11.3 Å². The molecule has 2 aliphatic rings. The van der Waals surface area contributed by atoms with E-state index < -0.39 is 10.0 Å². The highest BCUT2D eigenvalue weighted by atomic mass is 32.2. The fourth-order valence-corrected chi connectivity index (χ4v) is 5.52. The summed E-state index contributed by atoms with van der Waals surface area (Å²) in [5.74, 6) is 0.556. The Morgan fingerprint density at radius 2 is 1.69 bits per heavy atom. The van der Waals surface area contributed by atoms with Crippen LogP contribution in [0.1, 0.15) is 57.4 Å². The van der Waals surface area contributed by atoms with Gasteiger partial charge in [-0.1, -0.05) is 38.3 Å². The minimum Gasteiger partial charge on any atom is -0.353 e. The summed E-state index contributed by atoms with van der Waals surface area (Å²) in [4.78, 5) is 12.6. The molecule has 1 amide bonds. The number of hydrogen-bond acceptors (Lipinski definition) is 3. The van der Waals surface area contributed by atoms with Gasteiger partial charge in [-0.3, -0.25) is 4.79 Å². The van der Waals surface area contributed by atoms with Crippen molar-refractivity contribution in [2.75, 3.05) is 13.1 Å². The van der Waals surface area contributed by atoms with Gasteiger partial charge in [-0.15, -0.1) is 0 Å². The number of carbonyl (C=O) groups is 1. The van der Waals surface area contributed by atoms with E-state index in [0.717, 1.165) is 31.2 Å². The van der Waals surface area contributed by atoms with Crippen LogP contribution >= 0.6 is 0 Å². The number of nitrogens with zero attached hydrogens (tertiary/aromatic N) is 1. The first kappa shape index (κ1) is 19.4. The van der Waals surface area contributed by atoms with Crippen molar-refractivity contribution >= 4 is 15.9 Å². The number of sulfonamides is 1. The van der Waals surface area contributed by atoms with Gasteiger partial charge in [0.25, 0.3) is 0 Å². The normalized spacial score (nSPS) is 25.0. The Kier molecular flexibility index (Phi) is 6.35. The van der Waals surface area contributed by atoms with E-state index in [9.17, 15) is 13.2 Å². The van der Waals surface area contributed by atoms with Crippen molar-refractivity contribution in [2.45, 2.75) is 69.2 Å². The van der Waals surface area contributed by atoms with Gasteiger partial charge in [-0.25, -0.2) is 8.42 Å². The van der Waals surface area contributed by atoms with Crippen LogP contribution in [0, 0.1) is 5.92 Å². The maximum atomic E-state index is 12.7. The molecule has 6 heteroatoms. The highest BCUT2D eigenvalue weighted by molar-refractivity contribution is 7.89. The van der Waals surface area contributed by atoms with Crippen LogP contribution in [-0.4, -0.2) is 37.8 Å². The first-order valence-electron chi connectivity index (χ1n) is 9.85. The lowest BCUT2D eigenvalue weighted by atomic mass is 9.86. The molecular weight excluding hydrogens is 348 g/mol. The van der Waals surface area contributed by atoms with E-state index in [0.29, 0.717) is 30.3 Å². The molecule has 0 aromatic heterocycles. The Balaban J connectivity index is 1.59. The van der Waals surface area contributed by atoms with Gasteiger partial charge in [-0.05, 0) is 49.3 Å². The van der Waals surface area contributed by atoms with E-state index in [1.54, 1.807) is 28.6 Å². The molecule has 0 bridgehead atoms. The molecule has 1 aliphatic heterocycles. The Morgan fingerprint density at radius 3 is 2.35 bits per heavy atom. The summed E-state index contributed by atoms with van der Waals surface area (Å²) < 4.78 is 26.9. The van der Waals surface area contributed by atoms with Gasteiger partial charge < -0.3 is 5.32 Å². The molecule has 5 nitrogen and oxygen atoms in total. The SMILES string of the molecule is C[C@@H]1CCCC[C@@H]1NC(=O)Cc1ccc(S(=O)(=O)N2CCCCC2)cc1. The summed E-state index contributed by atoms with van der Waals surface area (Å²) in [6.07, 6.45) is 7.91. The Hall–Kier alpha value is -1.40. The van der Waals surface area contributed by atoms with E-state index >= 15 is 0 Å². The van der Waals surface area contributed by atoms with E-state index in [-0.39, 0.29) is 11.9 Å². The second-order valence-electron chi connectivity index (χ2n) is 7.72. The fourth-order valence-electron chi connectivity index (χ4n) is 4.01. The van der Waals surface area contributed by atoms with Crippen LogP contribution in [0.4, 0.5) is 0 Å². The third-order valence-electron chi connectivity index (χ3n) is 5.70. The minimum atomic E-state index is -3.40. The summed E-state index contributed by atoms with van der Waals surface area (Å²) >= 11 is 0. The second-order valence-corrected chi connectivity index (χ2v) is 9.66. The van der Waals surface area contributed by atoms with E-state index in [4.69, 9.17) is 0 Å². The molecule has 0 spiro atoms. The molecule has 0 radical (unpaired) electrons. The third-order valence-corrected chi connectivity index (χ3v) is 7.61. The lowest BCUT2D eigenvalue weighted by Gasteiger charge is -2.29. The lowest BCUT2D eigenvalue weighted by Crippen LogP contribution is -2.41. The number of rotatable bonds is 5. The molecule has 2 fully saturated rings. The van der Waals surface area contributed by atoms with Crippen molar-refractivity contribution in [1.82, 2.24) is 9.62 Å². The number of nitrogens with one attached hydrogen (secondary N) is 1. The van der Waals surface area contributed by atoms with Gasteiger partial charge in [-0.2, -0.15) is 4.31 Å². The highest BCUT2D eigenvalue weighted by Crippen LogP contribution is 2.24. The maximum Gasteiger partial charge on any atom is 0.243 e. The zero-order valence-corrected chi connectivity index (χ0v) is 16.4. The Morgan fingerprint density at radius 1 is 1.04 bits per heavy atom. The summed E-state index contributed by atoms with van der Waals surface area (Å²) in [7, 11) is -3.40. The van der Waals surface area contributed by atoms with Crippen LogP contribution < -0.4 is 5.32 Å². The van der Waals surface area contributed by atoms with Crippen molar-refractivity contribution in [3.8, 4) is 0 Å². The standard InChI is InChI=1S/C20H30N2O3S/c1-16-7-3-4-8-19(16)21-20(23)15-17-9-11-18(12-10-17)26(24,25)22-13-5-2-6-14-22/h9-12,16,19H,2-8,13-15H2,1H3,(H,21,23)/t16-,19+/m1/s1. The molecule has 2 atom stereocenters. The molecule has 1 aromatic carbocycles. The average molecular weight is 379 g/mol. The number of piperidine rings is 1. The fraction of sp³-hybridized carbons (Fsp3) is 0.650. The summed E-state index contributed by atoms with van der Waals surface area (Å²) in [6.45, 7) is 3.41. The number of benzene rings is 1. The molecule has 3 rings (SSSR count). The van der Waals surface area contributed by atoms with E-state index in [2.05, 4.69) is 12.2 Å². The molecule has 0 unspecified atom stereocenters. The largest absolute Gasteiger partial charge is 0.353 e. The smallest absolute Gasteiger partial charge is 0.243 e. The number of hydrogen-bond donors (Lipinski definition) is 1. The Bertz CT molecular complexity index is 709. The lowest BCUT2D eigenvalue weighted by molar-refractivity contribution is -0.121. The van der Waals surface area contributed by atoms with E-state index in [1.165, 1.54) is 19.3 Å². The monoisotopic (exact) mass is 378 g/mol. The van der Waals surface area contributed by atoms with Gasteiger partial charge in [0, 0.05) is 19.1 Å². The number of amides is 1. The molecule has 144 valence electrons. The molecule has 1 saturated carbocycles. The number of carbonyl (C=O) groups excluding carboxylic acids is 1. The average Bonchev–Trinajstić information content (AvgIpc) is 2.65. The van der Waals surface area contributed by atoms with Crippen LogP contribution in [0.25, 0.3) is 0 Å². The molecule has 1 aromatic rings. The predicted octanol–water partition coefficient (Wildman–Crippen LogP) is 3.10. The minimum absolute atomic E-state index is 0.0235. The molecule has 1 heterocycles. The van der Waals surface area contributed by atoms with Crippen LogP contribution in [0.5, 0.6) is 0 Å². The van der Waals surface area contributed by atoms with Crippen molar-refractivity contribution < 1.29 is 13.2 Å². The van der Waals surface area contributed by atoms with Crippen LogP contribution in [0.15, 0.2) is 29.2 Å². The topological polar surface area (TPSA) is 66.5 Å². The summed E-state index contributed by atoms with van der Waals surface area (Å²) in [6, 6.07) is 7.07. The maximum absolute atomic E-state index is 12.7. The molecule has 1 aliphatic carbocycles. The van der Waals surface area contributed by atoms with Gasteiger partial charge >= 0.3 is 0 Å². The van der Waals surface area contributed by atoms with E-state index in [1.807, 2.05) is 0 Å². The molecular formula is C20H30N2O3S. The van der Waals surface area contributed by atoms with Crippen molar-refractivity contribution in [3.63, 3.8) is 0 Å². The summed E-state index contributed by atoms with van der Waals surface area (Å²) in [5.41, 5.74) is 0.851. The zero-order valence-electron chi connectivity index (χ0n) is 15.6.